The van der Waals surface area contributed by atoms with Gasteiger partial charge in [0.05, 0.1) is 13.0 Å². The summed E-state index contributed by atoms with van der Waals surface area (Å²) in [7, 11) is 0. The number of rotatable bonds is 6. The summed E-state index contributed by atoms with van der Waals surface area (Å²) in [4.78, 5) is 22.8. The van der Waals surface area contributed by atoms with Crippen molar-refractivity contribution in [1.29, 1.82) is 0 Å². The maximum absolute atomic E-state index is 11.5. The maximum Gasteiger partial charge on any atom is 0.407 e. The zero-order valence-corrected chi connectivity index (χ0v) is 11.5. The average molecular weight is 291 g/mol. The van der Waals surface area contributed by atoms with Crippen LogP contribution in [0.5, 0.6) is 0 Å². The van der Waals surface area contributed by atoms with E-state index in [4.69, 9.17) is 14.2 Å². The number of alkyl carbamates (subject to hydrolysis) is 1. The Hall–Kier alpha value is -2.34. The van der Waals surface area contributed by atoms with Gasteiger partial charge in [0, 0.05) is 0 Å². The Balaban J connectivity index is 1.86. The second-order valence-electron chi connectivity index (χ2n) is 4.50. The van der Waals surface area contributed by atoms with E-state index >= 15 is 0 Å². The number of hydrogen-bond donors (Lipinski definition) is 1. The highest BCUT2D eigenvalue weighted by Gasteiger charge is 2.37. The molecule has 2 atom stereocenters. The lowest BCUT2D eigenvalue weighted by Crippen LogP contribution is -2.41. The molecule has 21 heavy (non-hydrogen) atoms. The Bertz CT molecular complexity index is 502. The van der Waals surface area contributed by atoms with Crippen LogP contribution in [-0.4, -0.2) is 31.0 Å². The molecule has 6 heteroatoms. The molecule has 0 spiro atoms. The molecular formula is C15H17NO5. The van der Waals surface area contributed by atoms with Crippen LogP contribution in [0.2, 0.25) is 0 Å². The van der Waals surface area contributed by atoms with Crippen molar-refractivity contribution in [1.82, 2.24) is 5.32 Å². The highest BCUT2D eigenvalue weighted by Crippen LogP contribution is 2.18. The molecule has 1 fully saturated rings. The van der Waals surface area contributed by atoms with E-state index in [1.807, 2.05) is 30.3 Å². The monoisotopic (exact) mass is 291 g/mol. The van der Waals surface area contributed by atoms with Crippen LogP contribution in [0, 0.1) is 0 Å². The van der Waals surface area contributed by atoms with Gasteiger partial charge in [-0.15, -0.1) is 0 Å². The smallest absolute Gasteiger partial charge is 0.407 e. The molecule has 0 radical (unpaired) electrons. The second-order valence-corrected chi connectivity index (χ2v) is 4.50. The third kappa shape index (κ3) is 4.61. The second kappa shape index (κ2) is 7.44. The molecule has 2 rings (SSSR count). The minimum atomic E-state index is -0.811. The van der Waals surface area contributed by atoms with E-state index in [9.17, 15) is 9.59 Å². The standard InChI is InChI=1S/C15H17NO5/c1-2-8-19-15(18)16-12-9-13(17)21-14(12)20-10-11-6-4-3-5-7-11/h2-7,12,14H,1,8-10H2,(H,16,18)/t12-,14-/m0/s1. The molecule has 0 bridgehead atoms. The lowest BCUT2D eigenvalue weighted by molar-refractivity contribution is -0.167. The van der Waals surface area contributed by atoms with E-state index in [1.165, 1.54) is 6.08 Å². The molecule has 0 aliphatic carbocycles. The highest BCUT2D eigenvalue weighted by atomic mass is 16.7. The molecule has 1 N–H and O–H groups in total. The van der Waals surface area contributed by atoms with Crippen LogP contribution in [0.25, 0.3) is 0 Å². The van der Waals surface area contributed by atoms with Crippen molar-refractivity contribution >= 4 is 12.1 Å². The van der Waals surface area contributed by atoms with Crippen LogP contribution in [0.3, 0.4) is 0 Å². The lowest BCUT2D eigenvalue weighted by Gasteiger charge is -2.18. The number of ether oxygens (including phenoxy) is 3. The number of hydrogen-bond acceptors (Lipinski definition) is 5. The molecule has 0 aromatic heterocycles. The van der Waals surface area contributed by atoms with Gasteiger partial charge in [-0.25, -0.2) is 4.79 Å². The fourth-order valence-electron chi connectivity index (χ4n) is 1.89. The molecule has 1 saturated heterocycles. The zero-order valence-electron chi connectivity index (χ0n) is 11.5. The van der Waals surface area contributed by atoms with Crippen molar-refractivity contribution in [3.05, 3.63) is 48.6 Å². The van der Waals surface area contributed by atoms with Crippen molar-refractivity contribution in [2.75, 3.05) is 6.61 Å². The average Bonchev–Trinajstić information content (AvgIpc) is 2.83. The first-order valence-corrected chi connectivity index (χ1v) is 6.58. The van der Waals surface area contributed by atoms with Gasteiger partial charge in [-0.1, -0.05) is 43.0 Å². The van der Waals surface area contributed by atoms with Gasteiger partial charge in [-0.2, -0.15) is 0 Å². The number of esters is 1. The fraction of sp³-hybridized carbons (Fsp3) is 0.333. The van der Waals surface area contributed by atoms with E-state index in [0.29, 0.717) is 6.61 Å². The van der Waals surface area contributed by atoms with Gasteiger partial charge in [0.25, 0.3) is 0 Å². The first-order chi connectivity index (χ1) is 10.2. The third-order valence-electron chi connectivity index (χ3n) is 2.86. The van der Waals surface area contributed by atoms with Gasteiger partial charge >= 0.3 is 12.1 Å². The number of amides is 1. The van der Waals surface area contributed by atoms with Gasteiger partial charge in [-0.3, -0.25) is 4.79 Å². The van der Waals surface area contributed by atoms with E-state index in [-0.39, 0.29) is 13.0 Å². The van der Waals surface area contributed by atoms with Crippen LogP contribution in [0.15, 0.2) is 43.0 Å². The summed E-state index contributed by atoms with van der Waals surface area (Å²) in [6.07, 6.45) is 0.0718. The normalized spacial score (nSPS) is 20.7. The minimum Gasteiger partial charge on any atom is -0.445 e. The number of carbonyl (C=O) groups excluding carboxylic acids is 2. The molecule has 6 nitrogen and oxygen atoms in total. The Morgan fingerprint density at radius 1 is 1.43 bits per heavy atom. The predicted octanol–water partition coefficient (Wildman–Crippen LogP) is 1.76. The molecular weight excluding hydrogens is 274 g/mol. The Labute approximate surface area is 122 Å². The van der Waals surface area contributed by atoms with Gasteiger partial charge in [0.15, 0.2) is 0 Å². The van der Waals surface area contributed by atoms with E-state index < -0.39 is 24.4 Å². The zero-order chi connectivity index (χ0) is 15.1. The maximum atomic E-state index is 11.5. The summed E-state index contributed by atoms with van der Waals surface area (Å²) in [5.41, 5.74) is 0.952. The van der Waals surface area contributed by atoms with Crippen molar-refractivity contribution in [3.63, 3.8) is 0 Å². The van der Waals surface area contributed by atoms with Crippen molar-refractivity contribution in [2.24, 2.45) is 0 Å². The first kappa shape index (κ1) is 15.1. The van der Waals surface area contributed by atoms with Gasteiger partial charge in [0.1, 0.15) is 12.6 Å². The number of cyclic esters (lactones) is 1. The highest BCUT2D eigenvalue weighted by molar-refractivity contribution is 5.75. The molecule has 1 aliphatic rings. The van der Waals surface area contributed by atoms with Crippen molar-refractivity contribution in [2.45, 2.75) is 25.4 Å². The quantitative estimate of drug-likeness (QED) is 0.638. The van der Waals surface area contributed by atoms with Crippen LogP contribution in [0.4, 0.5) is 4.79 Å². The number of benzene rings is 1. The minimum absolute atomic E-state index is 0.0582. The van der Waals surface area contributed by atoms with Crippen molar-refractivity contribution < 1.29 is 23.8 Å². The van der Waals surface area contributed by atoms with Crippen LogP contribution in [-0.2, 0) is 25.6 Å². The SMILES string of the molecule is C=CCOC(=O)N[C@H]1CC(=O)O[C@@H]1OCc1ccccc1. The molecule has 1 aliphatic heterocycles. The third-order valence-corrected chi connectivity index (χ3v) is 2.86. The molecule has 1 aromatic rings. The van der Waals surface area contributed by atoms with Crippen LogP contribution >= 0.6 is 0 Å². The van der Waals surface area contributed by atoms with E-state index in [2.05, 4.69) is 11.9 Å². The van der Waals surface area contributed by atoms with Gasteiger partial charge in [0.2, 0.25) is 6.29 Å². The summed E-state index contributed by atoms with van der Waals surface area (Å²) >= 11 is 0. The van der Waals surface area contributed by atoms with Gasteiger partial charge < -0.3 is 19.5 Å². The summed E-state index contributed by atoms with van der Waals surface area (Å²) in [6.45, 7) is 3.84. The summed E-state index contributed by atoms with van der Waals surface area (Å²) in [5.74, 6) is -0.415. The molecule has 1 amide bonds. The summed E-state index contributed by atoms with van der Waals surface area (Å²) in [6, 6.07) is 8.93. The van der Waals surface area contributed by atoms with Crippen LogP contribution < -0.4 is 5.32 Å². The first-order valence-electron chi connectivity index (χ1n) is 6.58. The summed E-state index contributed by atoms with van der Waals surface area (Å²) < 4.78 is 15.4. The van der Waals surface area contributed by atoms with Crippen LogP contribution in [0.1, 0.15) is 12.0 Å². The number of nitrogens with one attached hydrogen (secondary N) is 1. The topological polar surface area (TPSA) is 73.9 Å². The van der Waals surface area contributed by atoms with E-state index in [0.717, 1.165) is 5.56 Å². The van der Waals surface area contributed by atoms with Gasteiger partial charge in [-0.05, 0) is 5.56 Å². The molecule has 1 heterocycles. The molecule has 112 valence electrons. The predicted molar refractivity (Wildman–Crippen MR) is 74.2 cm³/mol. The largest absolute Gasteiger partial charge is 0.445 e. The molecule has 0 saturated carbocycles. The van der Waals surface area contributed by atoms with Crippen molar-refractivity contribution in [3.8, 4) is 0 Å². The lowest BCUT2D eigenvalue weighted by atomic mass is 10.2. The Kier molecular flexibility index (Phi) is 5.34. The fourth-order valence-corrected chi connectivity index (χ4v) is 1.89. The van der Waals surface area contributed by atoms with E-state index in [1.54, 1.807) is 0 Å². The number of carbonyl (C=O) groups is 2. The Morgan fingerprint density at radius 3 is 2.90 bits per heavy atom. The molecule has 1 aromatic carbocycles. The summed E-state index contributed by atoms with van der Waals surface area (Å²) in [5, 5.41) is 2.55. The molecule has 0 unspecified atom stereocenters. The Morgan fingerprint density at radius 2 is 2.19 bits per heavy atom.